The van der Waals surface area contributed by atoms with Crippen molar-refractivity contribution in [2.24, 2.45) is 0 Å². The average molecular weight is 667 g/mol. The maximum absolute atomic E-state index is 10.2. The Bertz CT molecular complexity index is 1590. The quantitative estimate of drug-likeness (QED) is 0.131. The second kappa shape index (κ2) is 17.0. The van der Waals surface area contributed by atoms with Gasteiger partial charge in [-0.05, 0) is 42.0 Å². The summed E-state index contributed by atoms with van der Waals surface area (Å²) in [6.07, 6.45) is 3.13. The summed E-state index contributed by atoms with van der Waals surface area (Å²) >= 11 is 22.7. The Hall–Kier alpha value is -4.29. The minimum Gasteiger partial charge on any atom is -0.480 e. The molecular formula is C28H23Cl4N5O6. The molecule has 11 nitrogen and oxygen atoms in total. The van der Waals surface area contributed by atoms with Gasteiger partial charge in [-0.25, -0.2) is 24.5 Å². The summed E-state index contributed by atoms with van der Waals surface area (Å²) < 4.78 is 9.73. The zero-order valence-electron chi connectivity index (χ0n) is 22.0. The number of H-pyrrole nitrogens is 1. The lowest BCUT2D eigenvalue weighted by molar-refractivity contribution is -0.140. The zero-order chi connectivity index (χ0) is 31.2. The van der Waals surface area contributed by atoms with E-state index in [0.717, 1.165) is 17.9 Å². The van der Waals surface area contributed by atoms with Crippen LogP contribution in [0, 0.1) is 0 Å². The fourth-order valence-electron chi connectivity index (χ4n) is 3.14. The SMILES string of the molecule is O=C(O)COc1ccc(Cl)cc1Cl.O=C(O)COc1ccc(Cl)cc1Cl.c1ccc(CNc2ncnc3nc[nH]c23)cc1. The van der Waals surface area contributed by atoms with E-state index in [0.29, 0.717) is 37.2 Å². The summed E-state index contributed by atoms with van der Waals surface area (Å²) in [4.78, 5) is 35.7. The number of benzene rings is 3. The van der Waals surface area contributed by atoms with Gasteiger partial charge in [0.25, 0.3) is 0 Å². The van der Waals surface area contributed by atoms with Gasteiger partial charge < -0.3 is 30.0 Å². The number of carboxylic acids is 2. The third-order valence-electron chi connectivity index (χ3n) is 5.02. The van der Waals surface area contributed by atoms with Crippen molar-refractivity contribution in [3.63, 3.8) is 0 Å². The second-order valence-corrected chi connectivity index (χ2v) is 9.86. The first-order chi connectivity index (χ1) is 20.6. The van der Waals surface area contributed by atoms with Gasteiger partial charge in [0.1, 0.15) is 23.3 Å². The summed E-state index contributed by atoms with van der Waals surface area (Å²) in [7, 11) is 0. The van der Waals surface area contributed by atoms with Crippen LogP contribution < -0.4 is 14.8 Å². The topological polar surface area (TPSA) is 160 Å². The highest BCUT2D eigenvalue weighted by atomic mass is 35.5. The molecule has 0 atom stereocenters. The minimum absolute atomic E-state index is 0.300. The highest BCUT2D eigenvalue weighted by Crippen LogP contribution is 2.28. The number of aromatic nitrogens is 4. The van der Waals surface area contributed by atoms with Gasteiger partial charge in [-0.2, -0.15) is 0 Å². The molecule has 15 heteroatoms. The van der Waals surface area contributed by atoms with Gasteiger partial charge in [0.15, 0.2) is 24.7 Å². The third kappa shape index (κ3) is 11.5. The molecule has 0 aliphatic heterocycles. The Morgan fingerprint density at radius 2 is 1.33 bits per heavy atom. The predicted molar refractivity (Wildman–Crippen MR) is 165 cm³/mol. The van der Waals surface area contributed by atoms with Crippen molar-refractivity contribution in [1.29, 1.82) is 0 Å². The Kier molecular flexibility index (Phi) is 13.1. The Labute approximate surface area is 265 Å². The van der Waals surface area contributed by atoms with Crippen LogP contribution in [0.1, 0.15) is 5.56 Å². The monoisotopic (exact) mass is 665 g/mol. The predicted octanol–water partition coefficient (Wildman–Crippen LogP) is 6.88. The number of aliphatic carboxylic acids is 2. The van der Waals surface area contributed by atoms with E-state index >= 15 is 0 Å². The zero-order valence-corrected chi connectivity index (χ0v) is 25.0. The Balaban J connectivity index is 0.000000180. The van der Waals surface area contributed by atoms with Crippen LogP contribution in [0.15, 0.2) is 79.4 Å². The number of carboxylic acid groups (broad SMARTS) is 2. The number of nitrogens with one attached hydrogen (secondary N) is 2. The number of imidazole rings is 1. The molecule has 0 radical (unpaired) electrons. The van der Waals surface area contributed by atoms with E-state index in [1.54, 1.807) is 18.5 Å². The number of carbonyl (C=O) groups is 2. The van der Waals surface area contributed by atoms with Gasteiger partial charge >= 0.3 is 11.9 Å². The van der Waals surface area contributed by atoms with Gasteiger partial charge in [-0.15, -0.1) is 0 Å². The summed E-state index contributed by atoms with van der Waals surface area (Å²) in [6, 6.07) is 19.3. The molecule has 3 aromatic carbocycles. The van der Waals surface area contributed by atoms with E-state index in [2.05, 4.69) is 37.4 Å². The van der Waals surface area contributed by atoms with Crippen LogP contribution in [0.3, 0.4) is 0 Å². The van der Waals surface area contributed by atoms with Crippen molar-refractivity contribution >= 4 is 75.3 Å². The number of hydrogen-bond donors (Lipinski definition) is 4. The maximum atomic E-state index is 10.2. The van der Waals surface area contributed by atoms with Gasteiger partial charge in [-0.1, -0.05) is 76.7 Å². The van der Waals surface area contributed by atoms with Crippen molar-refractivity contribution in [3.05, 3.63) is 105 Å². The average Bonchev–Trinajstić information content (AvgIpc) is 3.46. The summed E-state index contributed by atoms with van der Waals surface area (Å²) in [5.74, 6) is -0.699. The molecular weight excluding hydrogens is 644 g/mol. The van der Waals surface area contributed by atoms with Crippen molar-refractivity contribution in [2.75, 3.05) is 18.5 Å². The van der Waals surface area contributed by atoms with Crippen molar-refractivity contribution in [1.82, 2.24) is 19.9 Å². The molecule has 0 aliphatic rings. The first kappa shape index (κ1) is 33.2. The van der Waals surface area contributed by atoms with Gasteiger partial charge in [0.2, 0.25) is 0 Å². The highest BCUT2D eigenvalue weighted by molar-refractivity contribution is 6.36. The number of hydrogen-bond acceptors (Lipinski definition) is 8. The lowest BCUT2D eigenvalue weighted by atomic mass is 10.2. The van der Waals surface area contributed by atoms with Gasteiger partial charge in [0.05, 0.1) is 16.4 Å². The van der Waals surface area contributed by atoms with Crippen molar-refractivity contribution in [3.8, 4) is 11.5 Å². The number of ether oxygens (including phenoxy) is 2. The standard InChI is InChI=1S/C12H11N5.2C8H6Cl2O3/c1-2-4-9(5-3-1)6-13-11-10-12(15-7-14-10)17-8-16-11;2*9-5-1-2-7(6(10)3-5)13-4-8(11)12/h1-5,7-8H,6H2,(H2,13,14,15,16,17);2*1-3H,4H2,(H,11,12). The van der Waals surface area contributed by atoms with Crippen LogP contribution in [-0.4, -0.2) is 55.3 Å². The van der Waals surface area contributed by atoms with Crippen LogP contribution in [0.4, 0.5) is 5.82 Å². The Morgan fingerprint density at radius 3 is 1.84 bits per heavy atom. The summed E-state index contributed by atoms with van der Waals surface area (Å²) in [6.45, 7) is -0.103. The molecule has 0 aliphatic carbocycles. The van der Waals surface area contributed by atoms with Crippen LogP contribution in [0.5, 0.6) is 11.5 Å². The molecule has 0 saturated carbocycles. The summed E-state index contributed by atoms with van der Waals surface area (Å²) in [5.41, 5.74) is 2.72. The van der Waals surface area contributed by atoms with Gasteiger partial charge in [0, 0.05) is 16.6 Å². The molecule has 4 N–H and O–H groups in total. The van der Waals surface area contributed by atoms with E-state index in [4.69, 9.17) is 66.1 Å². The molecule has 5 rings (SSSR count). The smallest absolute Gasteiger partial charge is 0.341 e. The molecule has 0 fully saturated rings. The number of rotatable bonds is 9. The van der Waals surface area contributed by atoms with E-state index in [9.17, 15) is 9.59 Å². The molecule has 224 valence electrons. The lowest BCUT2D eigenvalue weighted by Gasteiger charge is -2.05. The fraction of sp³-hybridized carbons (Fsp3) is 0.107. The van der Waals surface area contributed by atoms with Crippen molar-refractivity contribution < 1.29 is 29.3 Å². The number of nitrogens with zero attached hydrogens (tertiary/aromatic N) is 3. The normalized spacial score (nSPS) is 10.0. The molecule has 0 spiro atoms. The van der Waals surface area contributed by atoms with Crippen molar-refractivity contribution in [2.45, 2.75) is 6.54 Å². The third-order valence-corrected chi connectivity index (χ3v) is 6.08. The summed E-state index contributed by atoms with van der Waals surface area (Å²) in [5, 5.41) is 21.5. The van der Waals surface area contributed by atoms with Crippen LogP contribution in [-0.2, 0) is 16.1 Å². The minimum atomic E-state index is -1.05. The maximum Gasteiger partial charge on any atom is 0.341 e. The molecule has 43 heavy (non-hydrogen) atoms. The number of fused-ring (bicyclic) bond motifs is 1. The number of anilines is 1. The first-order valence-electron chi connectivity index (χ1n) is 12.1. The molecule has 0 bridgehead atoms. The number of halogens is 4. The molecule has 2 aromatic heterocycles. The van der Waals surface area contributed by atoms with E-state index in [-0.39, 0.29) is 0 Å². The van der Waals surface area contributed by atoms with Crippen LogP contribution in [0.2, 0.25) is 20.1 Å². The molecule has 0 unspecified atom stereocenters. The van der Waals surface area contributed by atoms with Crippen LogP contribution >= 0.6 is 46.4 Å². The Morgan fingerprint density at radius 1 is 0.767 bits per heavy atom. The molecule has 2 heterocycles. The second-order valence-electron chi connectivity index (χ2n) is 8.18. The van der Waals surface area contributed by atoms with Gasteiger partial charge in [-0.3, -0.25) is 0 Å². The first-order valence-corrected chi connectivity index (χ1v) is 13.6. The van der Waals surface area contributed by atoms with Crippen LogP contribution in [0.25, 0.3) is 11.2 Å². The van der Waals surface area contributed by atoms with E-state index < -0.39 is 25.2 Å². The van der Waals surface area contributed by atoms with E-state index in [1.807, 2.05) is 18.2 Å². The molecule has 0 saturated heterocycles. The van der Waals surface area contributed by atoms with E-state index in [1.165, 1.54) is 36.2 Å². The molecule has 0 amide bonds. The fourth-order valence-corrected chi connectivity index (χ4v) is 4.07. The largest absolute Gasteiger partial charge is 0.480 e. The highest BCUT2D eigenvalue weighted by Gasteiger charge is 2.06. The lowest BCUT2D eigenvalue weighted by Crippen LogP contribution is -2.09. The molecule has 5 aromatic rings. The number of aromatic amines is 1.